The van der Waals surface area contributed by atoms with E-state index in [2.05, 4.69) is 101 Å². The van der Waals surface area contributed by atoms with Crippen LogP contribution in [0.25, 0.3) is 60.9 Å². The summed E-state index contributed by atoms with van der Waals surface area (Å²) in [5.74, 6) is 1.58. The van der Waals surface area contributed by atoms with Gasteiger partial charge in [-0.15, -0.1) is 0 Å². The van der Waals surface area contributed by atoms with Crippen LogP contribution in [-0.4, -0.2) is 11.5 Å². The first-order chi connectivity index (χ1) is 21.3. The molecule has 0 spiro atoms. The topological polar surface area (TPSA) is 54.4 Å². The summed E-state index contributed by atoms with van der Waals surface area (Å²) in [6.45, 7) is 0.760. The monoisotopic (exact) mass is 555 g/mol. The largest absolute Gasteiger partial charge is 0.456 e. The third kappa shape index (κ3) is 3.90. The molecule has 9 rings (SSSR count). The first kappa shape index (κ1) is 23.9. The molecule has 0 saturated carbocycles. The van der Waals surface area contributed by atoms with Crippen molar-refractivity contribution >= 4 is 72.8 Å². The number of rotatable bonds is 4. The molecule has 3 aromatic heterocycles. The second-order valence-electron chi connectivity index (χ2n) is 10.9. The van der Waals surface area contributed by atoms with E-state index in [0.29, 0.717) is 0 Å². The first-order valence-corrected chi connectivity index (χ1v) is 14.4. The van der Waals surface area contributed by atoms with Crippen LogP contribution in [0.2, 0.25) is 0 Å². The third-order valence-corrected chi connectivity index (χ3v) is 8.30. The Balaban J connectivity index is 1.23. The minimum atomic E-state index is 0.760. The molecule has 43 heavy (non-hydrogen) atoms. The van der Waals surface area contributed by atoms with Crippen LogP contribution in [0.1, 0.15) is 5.56 Å². The van der Waals surface area contributed by atoms with E-state index in [0.717, 1.165) is 73.5 Å². The van der Waals surface area contributed by atoms with Crippen molar-refractivity contribution in [3.8, 4) is 11.1 Å². The fourth-order valence-electron chi connectivity index (χ4n) is 6.20. The van der Waals surface area contributed by atoms with Gasteiger partial charge in [0.25, 0.3) is 0 Å². The van der Waals surface area contributed by atoms with Crippen molar-refractivity contribution in [1.82, 2.24) is 4.98 Å². The molecule has 0 bridgehead atoms. The Labute approximate surface area is 247 Å². The van der Waals surface area contributed by atoms with Crippen LogP contribution < -0.4 is 10.2 Å². The molecule has 4 heterocycles. The number of nitrogens with zero attached hydrogens (tertiary/aromatic N) is 2. The molecule has 0 aliphatic carbocycles. The van der Waals surface area contributed by atoms with Gasteiger partial charge in [-0.1, -0.05) is 78.9 Å². The number of para-hydroxylation sites is 1. The van der Waals surface area contributed by atoms with Crippen molar-refractivity contribution < 1.29 is 8.83 Å². The molecule has 0 radical (unpaired) electrons. The molecule has 8 aromatic rings. The van der Waals surface area contributed by atoms with E-state index in [1.54, 1.807) is 0 Å². The fraction of sp³-hybridized carbons (Fsp3) is 0.0263. The van der Waals surface area contributed by atoms with Crippen LogP contribution in [0, 0.1) is 0 Å². The number of hydrogen-bond donors (Lipinski definition) is 1. The molecule has 0 saturated heterocycles. The maximum atomic E-state index is 6.27. The maximum Gasteiger partial charge on any atom is 0.201 e. The van der Waals surface area contributed by atoms with E-state index < -0.39 is 0 Å². The van der Waals surface area contributed by atoms with Crippen molar-refractivity contribution in [2.45, 2.75) is 0 Å². The average Bonchev–Trinajstić information content (AvgIpc) is 3.63. The highest BCUT2D eigenvalue weighted by Crippen LogP contribution is 2.41. The van der Waals surface area contributed by atoms with Gasteiger partial charge in [0.15, 0.2) is 0 Å². The summed E-state index contributed by atoms with van der Waals surface area (Å²) in [5, 5.41) is 8.80. The van der Waals surface area contributed by atoms with Crippen LogP contribution in [0.3, 0.4) is 0 Å². The van der Waals surface area contributed by atoms with Gasteiger partial charge in [0.1, 0.15) is 22.6 Å². The lowest BCUT2D eigenvalue weighted by Crippen LogP contribution is -2.11. The minimum Gasteiger partial charge on any atom is -0.456 e. The highest BCUT2D eigenvalue weighted by atomic mass is 16.4. The number of pyridine rings is 1. The number of benzene rings is 5. The Morgan fingerprint density at radius 3 is 2.35 bits per heavy atom. The predicted molar refractivity (Wildman–Crippen MR) is 176 cm³/mol. The summed E-state index contributed by atoms with van der Waals surface area (Å²) in [7, 11) is 0. The van der Waals surface area contributed by atoms with Gasteiger partial charge in [-0.2, -0.15) is 0 Å². The molecule has 204 valence electrons. The van der Waals surface area contributed by atoms with Gasteiger partial charge in [0.2, 0.25) is 5.88 Å². The van der Waals surface area contributed by atoms with Crippen LogP contribution in [-0.2, 0) is 0 Å². The Hall–Kier alpha value is -5.81. The lowest BCUT2D eigenvalue weighted by Gasteiger charge is -2.25. The van der Waals surface area contributed by atoms with E-state index >= 15 is 0 Å². The second kappa shape index (κ2) is 9.36. The summed E-state index contributed by atoms with van der Waals surface area (Å²) in [5.41, 5.74) is 7.97. The summed E-state index contributed by atoms with van der Waals surface area (Å²) >= 11 is 0. The first-order valence-electron chi connectivity index (χ1n) is 14.4. The van der Waals surface area contributed by atoms with E-state index in [-0.39, 0.29) is 0 Å². The Morgan fingerprint density at radius 2 is 1.40 bits per heavy atom. The van der Waals surface area contributed by atoms with E-state index in [4.69, 9.17) is 13.8 Å². The molecular weight excluding hydrogens is 530 g/mol. The summed E-state index contributed by atoms with van der Waals surface area (Å²) in [6.07, 6.45) is 6.16. The average molecular weight is 556 g/mol. The molecule has 1 aliphatic rings. The zero-order valence-corrected chi connectivity index (χ0v) is 23.1. The second-order valence-corrected chi connectivity index (χ2v) is 10.9. The van der Waals surface area contributed by atoms with Crippen molar-refractivity contribution in [2.75, 3.05) is 16.8 Å². The van der Waals surface area contributed by atoms with Gasteiger partial charge >= 0.3 is 0 Å². The zero-order chi connectivity index (χ0) is 28.3. The quantitative estimate of drug-likeness (QED) is 0.234. The standard InChI is InChI=1S/C38H25N3O2/c1-2-7-24(8-3-1)25-12-13-27-20-28(15-14-26(27)19-25)41(29-16-17-35-32(21-29)31-10-6-18-39-38(31)43-35)37-22-36-33(23-40-37)30-9-4-5-11-34(30)42-36/h1-17,19-23,39H,18H2. The van der Waals surface area contributed by atoms with Crippen molar-refractivity contribution in [1.29, 1.82) is 0 Å². The third-order valence-electron chi connectivity index (χ3n) is 8.30. The van der Waals surface area contributed by atoms with E-state index in [9.17, 15) is 0 Å². The Bertz CT molecular complexity index is 2360. The molecule has 5 nitrogen and oxygen atoms in total. The van der Waals surface area contributed by atoms with Crippen LogP contribution in [0.4, 0.5) is 23.1 Å². The maximum absolute atomic E-state index is 6.27. The highest BCUT2D eigenvalue weighted by molar-refractivity contribution is 6.05. The van der Waals surface area contributed by atoms with E-state index in [1.807, 2.05) is 42.6 Å². The molecule has 5 aromatic carbocycles. The molecule has 0 unspecified atom stereocenters. The molecule has 5 heteroatoms. The van der Waals surface area contributed by atoms with Crippen LogP contribution >= 0.6 is 0 Å². The SMILES string of the molecule is C1=Cc2c(oc3ccc(N(c4ccc5cc(-c6ccccc6)ccc5c4)c4cc5oc6ccccc6c5cn4)cc23)NC1. The molecule has 0 amide bonds. The molecule has 0 atom stereocenters. The van der Waals surface area contributed by atoms with Crippen molar-refractivity contribution in [3.05, 3.63) is 133 Å². The Morgan fingerprint density at radius 1 is 0.605 bits per heavy atom. The lowest BCUT2D eigenvalue weighted by molar-refractivity contribution is 0.628. The molecule has 1 aliphatic heterocycles. The fourth-order valence-corrected chi connectivity index (χ4v) is 6.20. The van der Waals surface area contributed by atoms with Crippen LogP contribution in [0.5, 0.6) is 0 Å². The number of furan rings is 2. The van der Waals surface area contributed by atoms with E-state index in [1.165, 1.54) is 16.5 Å². The zero-order valence-electron chi connectivity index (χ0n) is 23.1. The molecular formula is C38H25N3O2. The summed E-state index contributed by atoms with van der Waals surface area (Å²) in [4.78, 5) is 7.18. The number of nitrogens with one attached hydrogen (secondary N) is 1. The van der Waals surface area contributed by atoms with Crippen molar-refractivity contribution in [2.24, 2.45) is 0 Å². The number of anilines is 4. The summed E-state index contributed by atoms with van der Waals surface area (Å²) in [6, 6.07) is 40.1. The van der Waals surface area contributed by atoms with Crippen molar-refractivity contribution in [3.63, 3.8) is 0 Å². The smallest absolute Gasteiger partial charge is 0.201 e. The summed E-state index contributed by atoms with van der Waals surface area (Å²) < 4.78 is 12.4. The van der Waals surface area contributed by atoms with Gasteiger partial charge in [-0.25, -0.2) is 4.98 Å². The van der Waals surface area contributed by atoms with Gasteiger partial charge in [0.05, 0.1) is 0 Å². The van der Waals surface area contributed by atoms with Gasteiger partial charge < -0.3 is 14.2 Å². The minimum absolute atomic E-state index is 0.760. The number of hydrogen-bond acceptors (Lipinski definition) is 5. The molecule has 1 N–H and O–H groups in total. The Kier molecular flexibility index (Phi) is 5.19. The number of fused-ring (bicyclic) bond motifs is 7. The van der Waals surface area contributed by atoms with Gasteiger partial charge in [-0.3, -0.25) is 4.90 Å². The normalized spacial score (nSPS) is 12.7. The lowest BCUT2D eigenvalue weighted by atomic mass is 10.0. The van der Waals surface area contributed by atoms with Gasteiger partial charge in [0, 0.05) is 51.9 Å². The predicted octanol–water partition coefficient (Wildman–Crippen LogP) is 10.5. The van der Waals surface area contributed by atoms with Gasteiger partial charge in [-0.05, 0) is 64.4 Å². The highest BCUT2D eigenvalue weighted by Gasteiger charge is 2.20. The number of aromatic nitrogens is 1. The molecule has 0 fully saturated rings. The van der Waals surface area contributed by atoms with Crippen LogP contribution in [0.15, 0.2) is 136 Å².